The van der Waals surface area contributed by atoms with Crippen molar-refractivity contribution < 1.29 is 14.7 Å². The zero-order valence-corrected chi connectivity index (χ0v) is 13.2. The number of rotatable bonds is 6. The molecule has 2 rings (SSSR count). The van der Waals surface area contributed by atoms with Crippen LogP contribution in [0.1, 0.15) is 12.0 Å². The minimum absolute atomic E-state index is 0.110. The first-order chi connectivity index (χ1) is 11.4. The average molecular weight is 345 g/mol. The number of carboxylic acids is 1. The van der Waals surface area contributed by atoms with Gasteiger partial charge in [-0.25, -0.2) is 0 Å². The number of nitrogens with two attached hydrogens (primary N) is 1. The van der Waals surface area contributed by atoms with E-state index in [1.54, 1.807) is 36.5 Å². The van der Waals surface area contributed by atoms with Gasteiger partial charge in [0.15, 0.2) is 0 Å². The van der Waals surface area contributed by atoms with Gasteiger partial charge >= 0.3 is 5.97 Å². The first-order valence-corrected chi connectivity index (χ1v) is 7.25. The molecular formula is C16H13ClN4O3. The predicted molar refractivity (Wildman–Crippen MR) is 87.7 cm³/mol. The van der Waals surface area contributed by atoms with E-state index < -0.39 is 11.9 Å². The third kappa shape index (κ3) is 4.21. The molecule has 3 N–H and O–H groups in total. The Hall–Kier alpha value is -3.11. The molecule has 0 unspecified atom stereocenters. The van der Waals surface area contributed by atoms with Gasteiger partial charge < -0.3 is 10.8 Å². The molecule has 8 heteroatoms. The topological polar surface area (TPSA) is 122 Å². The summed E-state index contributed by atoms with van der Waals surface area (Å²) in [7, 11) is 0. The fourth-order valence-electron chi connectivity index (χ4n) is 2.04. The maximum atomic E-state index is 11.3. The number of halogens is 1. The Bertz CT molecular complexity index is 864. The summed E-state index contributed by atoms with van der Waals surface area (Å²) in [6, 6.07) is 8.61. The van der Waals surface area contributed by atoms with Gasteiger partial charge in [-0.3, -0.25) is 14.3 Å². The van der Waals surface area contributed by atoms with Crippen molar-refractivity contribution in [3.8, 4) is 17.3 Å². The van der Waals surface area contributed by atoms with E-state index in [9.17, 15) is 9.59 Å². The van der Waals surface area contributed by atoms with Crippen molar-refractivity contribution in [3.05, 3.63) is 46.6 Å². The minimum atomic E-state index is -0.957. The van der Waals surface area contributed by atoms with Crippen LogP contribution in [-0.4, -0.2) is 26.8 Å². The van der Waals surface area contributed by atoms with Crippen molar-refractivity contribution in [1.29, 1.82) is 5.26 Å². The number of hydrogen-bond donors (Lipinski definition) is 2. The Morgan fingerprint density at radius 1 is 1.46 bits per heavy atom. The van der Waals surface area contributed by atoms with Crippen LogP contribution in [0.3, 0.4) is 0 Å². The predicted octanol–water partition coefficient (Wildman–Crippen LogP) is 2.07. The fraction of sp³-hybridized carbons (Fsp3) is 0.125. The van der Waals surface area contributed by atoms with Gasteiger partial charge in [-0.05, 0) is 18.2 Å². The zero-order chi connectivity index (χ0) is 17.7. The monoisotopic (exact) mass is 344 g/mol. The van der Waals surface area contributed by atoms with E-state index in [4.69, 9.17) is 27.7 Å². The lowest BCUT2D eigenvalue weighted by molar-refractivity contribution is -0.137. The van der Waals surface area contributed by atoms with Crippen LogP contribution in [0.15, 0.2) is 36.0 Å². The molecule has 0 aliphatic carbocycles. The van der Waals surface area contributed by atoms with Crippen molar-refractivity contribution in [1.82, 2.24) is 9.78 Å². The SMILES string of the molecule is N#CC(=Cc1cn(CCC(=O)O)nc1-c1cccc(Cl)c1)C(N)=O. The molecule has 122 valence electrons. The molecule has 0 spiro atoms. The Balaban J connectivity index is 2.52. The lowest BCUT2D eigenvalue weighted by Gasteiger charge is -2.00. The van der Waals surface area contributed by atoms with Crippen molar-refractivity contribution in [2.24, 2.45) is 5.73 Å². The second kappa shape index (κ2) is 7.44. The molecule has 0 saturated carbocycles. The van der Waals surface area contributed by atoms with Gasteiger partial charge in [0, 0.05) is 22.3 Å². The van der Waals surface area contributed by atoms with Crippen molar-refractivity contribution >= 4 is 29.6 Å². The highest BCUT2D eigenvalue weighted by molar-refractivity contribution is 6.30. The van der Waals surface area contributed by atoms with Gasteiger partial charge in [-0.1, -0.05) is 23.7 Å². The number of carbonyl (C=O) groups is 2. The van der Waals surface area contributed by atoms with Crippen LogP contribution in [0, 0.1) is 11.3 Å². The molecule has 24 heavy (non-hydrogen) atoms. The van der Waals surface area contributed by atoms with Crippen LogP contribution < -0.4 is 5.73 Å². The average Bonchev–Trinajstić information content (AvgIpc) is 2.93. The maximum Gasteiger partial charge on any atom is 0.305 e. The Labute approximate surface area is 142 Å². The smallest absolute Gasteiger partial charge is 0.305 e. The molecule has 0 saturated heterocycles. The van der Waals surface area contributed by atoms with Crippen molar-refractivity contribution in [2.45, 2.75) is 13.0 Å². The number of carboxylic acid groups (broad SMARTS) is 1. The molecule has 0 aliphatic rings. The van der Waals surface area contributed by atoms with Crippen LogP contribution in [-0.2, 0) is 16.1 Å². The van der Waals surface area contributed by atoms with Gasteiger partial charge in [0.1, 0.15) is 11.6 Å². The van der Waals surface area contributed by atoms with Crippen molar-refractivity contribution in [2.75, 3.05) is 0 Å². The summed E-state index contributed by atoms with van der Waals surface area (Å²) in [5.41, 5.74) is 6.54. The van der Waals surface area contributed by atoms with E-state index in [0.717, 1.165) is 0 Å². The largest absolute Gasteiger partial charge is 0.481 e. The third-order valence-corrected chi connectivity index (χ3v) is 3.36. The second-order valence-electron chi connectivity index (χ2n) is 4.88. The van der Waals surface area contributed by atoms with Crippen LogP contribution in [0.2, 0.25) is 5.02 Å². The molecule has 0 bridgehead atoms. The first-order valence-electron chi connectivity index (χ1n) is 6.87. The number of primary amides is 1. The first kappa shape index (κ1) is 17.2. The molecular weight excluding hydrogens is 332 g/mol. The molecule has 1 amide bonds. The Kier molecular flexibility index (Phi) is 5.35. The Morgan fingerprint density at radius 2 is 2.21 bits per heavy atom. The molecule has 7 nitrogen and oxygen atoms in total. The third-order valence-electron chi connectivity index (χ3n) is 3.13. The number of amides is 1. The van der Waals surface area contributed by atoms with E-state index >= 15 is 0 Å². The van der Waals surface area contributed by atoms with E-state index in [-0.39, 0.29) is 18.5 Å². The minimum Gasteiger partial charge on any atom is -0.481 e. The molecule has 0 atom stereocenters. The summed E-state index contributed by atoms with van der Waals surface area (Å²) in [6.45, 7) is 0.148. The molecule has 2 aromatic rings. The second-order valence-corrected chi connectivity index (χ2v) is 5.32. The number of nitriles is 1. The summed E-state index contributed by atoms with van der Waals surface area (Å²) >= 11 is 5.99. The zero-order valence-electron chi connectivity index (χ0n) is 12.4. The number of aryl methyl sites for hydroxylation is 1. The Morgan fingerprint density at radius 3 is 2.79 bits per heavy atom. The van der Waals surface area contributed by atoms with Gasteiger partial charge in [-0.2, -0.15) is 10.4 Å². The quantitative estimate of drug-likeness (QED) is 0.613. The van der Waals surface area contributed by atoms with Crippen LogP contribution in [0.4, 0.5) is 0 Å². The molecule has 1 aromatic carbocycles. The lowest BCUT2D eigenvalue weighted by Crippen LogP contribution is -2.12. The van der Waals surface area contributed by atoms with E-state index in [0.29, 0.717) is 21.8 Å². The number of carbonyl (C=O) groups excluding carboxylic acids is 1. The summed E-state index contributed by atoms with van der Waals surface area (Å²) in [5, 5.41) is 22.6. The van der Waals surface area contributed by atoms with E-state index in [2.05, 4.69) is 5.10 Å². The van der Waals surface area contributed by atoms with Gasteiger partial charge in [0.25, 0.3) is 5.91 Å². The molecule has 0 fully saturated rings. The number of aromatic nitrogens is 2. The highest BCUT2D eigenvalue weighted by Crippen LogP contribution is 2.26. The highest BCUT2D eigenvalue weighted by Gasteiger charge is 2.13. The fourth-order valence-corrected chi connectivity index (χ4v) is 2.23. The lowest BCUT2D eigenvalue weighted by atomic mass is 10.1. The number of aliphatic carboxylic acids is 1. The highest BCUT2D eigenvalue weighted by atomic mass is 35.5. The summed E-state index contributed by atoms with van der Waals surface area (Å²) < 4.78 is 1.44. The van der Waals surface area contributed by atoms with Gasteiger partial charge in [0.05, 0.1) is 18.7 Å². The van der Waals surface area contributed by atoms with Gasteiger partial charge in [0.2, 0.25) is 0 Å². The maximum absolute atomic E-state index is 11.3. The summed E-state index contributed by atoms with van der Waals surface area (Å²) in [5.74, 6) is -1.81. The molecule has 1 aromatic heterocycles. The van der Waals surface area contributed by atoms with Crippen LogP contribution >= 0.6 is 11.6 Å². The summed E-state index contributed by atoms with van der Waals surface area (Å²) in [6.07, 6.45) is 2.77. The van der Waals surface area contributed by atoms with Crippen LogP contribution in [0.5, 0.6) is 0 Å². The van der Waals surface area contributed by atoms with E-state index in [1.165, 1.54) is 10.8 Å². The standard InChI is InChI=1S/C16H13ClN4O3/c17-13-3-1-2-10(7-13)15-12(6-11(8-18)16(19)24)9-21(20-15)5-4-14(22)23/h1-3,6-7,9H,4-5H2,(H2,19,24)(H,22,23). The van der Waals surface area contributed by atoms with Crippen molar-refractivity contribution in [3.63, 3.8) is 0 Å². The normalized spacial score (nSPS) is 11.1. The van der Waals surface area contributed by atoms with E-state index in [1.807, 2.05) is 0 Å². The number of benzene rings is 1. The number of nitrogens with zero attached hydrogens (tertiary/aromatic N) is 3. The van der Waals surface area contributed by atoms with Gasteiger partial charge in [-0.15, -0.1) is 0 Å². The van der Waals surface area contributed by atoms with Crippen LogP contribution in [0.25, 0.3) is 17.3 Å². The number of hydrogen-bond acceptors (Lipinski definition) is 4. The molecule has 0 aliphatic heterocycles. The molecule has 0 radical (unpaired) electrons. The molecule has 1 heterocycles. The summed E-state index contributed by atoms with van der Waals surface area (Å²) in [4.78, 5) is 22.0.